The molecule has 1 aliphatic rings. The minimum absolute atomic E-state index is 0.111. The standard InChI is InChI=1S/C15H18F4N4O3/c1-20-11-7-12(22-4-2-9(16)3-5-22)10(6-13(11)23(25)26)14(24)21-8-15(17,18)19/h6-7,9,20H,2-5,8H2,1H3,(H,21,24). The number of nitrogens with zero attached hydrogens (tertiary/aromatic N) is 2. The van der Waals surface area contributed by atoms with E-state index in [2.05, 4.69) is 5.32 Å². The number of carbonyl (C=O) groups is 1. The van der Waals surface area contributed by atoms with Gasteiger partial charge in [-0.15, -0.1) is 0 Å². The van der Waals surface area contributed by atoms with Crippen LogP contribution in [0, 0.1) is 10.1 Å². The van der Waals surface area contributed by atoms with E-state index in [0.29, 0.717) is 0 Å². The fraction of sp³-hybridized carbons (Fsp3) is 0.533. The van der Waals surface area contributed by atoms with Crippen LogP contribution in [0.2, 0.25) is 0 Å². The van der Waals surface area contributed by atoms with Crippen LogP contribution in [0.15, 0.2) is 12.1 Å². The molecule has 0 spiro atoms. The Labute approximate surface area is 146 Å². The first-order valence-electron chi connectivity index (χ1n) is 7.86. The van der Waals surface area contributed by atoms with Gasteiger partial charge in [-0.2, -0.15) is 13.2 Å². The maximum absolute atomic E-state index is 13.4. The van der Waals surface area contributed by atoms with Crippen LogP contribution in [0.3, 0.4) is 0 Å². The summed E-state index contributed by atoms with van der Waals surface area (Å²) < 4.78 is 50.5. The van der Waals surface area contributed by atoms with E-state index in [1.165, 1.54) is 13.1 Å². The number of piperidine rings is 1. The Balaban J connectivity index is 2.42. The monoisotopic (exact) mass is 378 g/mol. The minimum atomic E-state index is -4.61. The van der Waals surface area contributed by atoms with Crippen LogP contribution in [0.5, 0.6) is 0 Å². The topological polar surface area (TPSA) is 87.5 Å². The maximum atomic E-state index is 13.4. The van der Waals surface area contributed by atoms with Crippen molar-refractivity contribution in [2.45, 2.75) is 25.2 Å². The molecule has 0 unspecified atom stereocenters. The highest BCUT2D eigenvalue weighted by Crippen LogP contribution is 2.35. The van der Waals surface area contributed by atoms with E-state index in [-0.39, 0.29) is 42.9 Å². The van der Waals surface area contributed by atoms with Crippen LogP contribution in [0.25, 0.3) is 0 Å². The number of halogens is 4. The van der Waals surface area contributed by atoms with Gasteiger partial charge in [-0.1, -0.05) is 0 Å². The summed E-state index contributed by atoms with van der Waals surface area (Å²) in [5, 5.41) is 15.6. The quantitative estimate of drug-likeness (QED) is 0.467. The molecule has 26 heavy (non-hydrogen) atoms. The molecule has 144 valence electrons. The lowest BCUT2D eigenvalue weighted by atomic mass is 10.0. The smallest absolute Gasteiger partial charge is 0.383 e. The Kier molecular flexibility index (Phi) is 5.88. The Morgan fingerprint density at radius 3 is 2.46 bits per heavy atom. The molecule has 1 fully saturated rings. The SMILES string of the molecule is CNc1cc(N2CCC(F)CC2)c(C(=O)NCC(F)(F)F)cc1[N+](=O)[O-]. The number of carbonyl (C=O) groups excluding carboxylic acids is 1. The van der Waals surface area contributed by atoms with Gasteiger partial charge in [0, 0.05) is 26.2 Å². The van der Waals surface area contributed by atoms with Gasteiger partial charge in [0.15, 0.2) is 0 Å². The number of amides is 1. The van der Waals surface area contributed by atoms with Crippen molar-refractivity contribution in [1.29, 1.82) is 0 Å². The lowest BCUT2D eigenvalue weighted by molar-refractivity contribution is -0.383. The summed E-state index contributed by atoms with van der Waals surface area (Å²) in [6.07, 6.45) is -5.19. The van der Waals surface area contributed by atoms with Crippen molar-refractivity contribution in [3.63, 3.8) is 0 Å². The summed E-state index contributed by atoms with van der Waals surface area (Å²) in [6, 6.07) is 2.27. The van der Waals surface area contributed by atoms with Gasteiger partial charge in [0.05, 0.1) is 16.2 Å². The Morgan fingerprint density at radius 2 is 1.96 bits per heavy atom. The van der Waals surface area contributed by atoms with Gasteiger partial charge >= 0.3 is 6.18 Å². The summed E-state index contributed by atoms with van der Waals surface area (Å²) in [6.45, 7) is -1.05. The number of benzene rings is 1. The number of anilines is 2. The van der Waals surface area contributed by atoms with Crippen molar-refractivity contribution in [2.24, 2.45) is 0 Å². The van der Waals surface area contributed by atoms with Crippen molar-refractivity contribution in [3.05, 3.63) is 27.8 Å². The van der Waals surface area contributed by atoms with Gasteiger partial charge in [-0.05, 0) is 18.9 Å². The molecule has 1 amide bonds. The maximum Gasteiger partial charge on any atom is 0.405 e. The van der Waals surface area contributed by atoms with Crippen molar-refractivity contribution >= 4 is 23.0 Å². The molecule has 1 heterocycles. The predicted molar refractivity (Wildman–Crippen MR) is 87.4 cm³/mol. The zero-order chi connectivity index (χ0) is 19.5. The van der Waals surface area contributed by atoms with Crippen molar-refractivity contribution in [2.75, 3.05) is 36.9 Å². The van der Waals surface area contributed by atoms with Crippen LogP contribution >= 0.6 is 0 Å². The number of alkyl halides is 4. The molecule has 0 saturated carbocycles. The lowest BCUT2D eigenvalue weighted by Gasteiger charge is -2.32. The number of rotatable bonds is 5. The highest BCUT2D eigenvalue weighted by molar-refractivity contribution is 6.02. The highest BCUT2D eigenvalue weighted by atomic mass is 19.4. The van der Waals surface area contributed by atoms with Gasteiger partial charge in [0.1, 0.15) is 18.4 Å². The number of hydrogen-bond acceptors (Lipinski definition) is 5. The Morgan fingerprint density at radius 1 is 1.35 bits per heavy atom. The van der Waals surface area contributed by atoms with Crippen LogP contribution in [-0.2, 0) is 0 Å². The number of hydrogen-bond donors (Lipinski definition) is 2. The molecule has 2 rings (SSSR count). The van der Waals surface area contributed by atoms with E-state index >= 15 is 0 Å². The van der Waals surface area contributed by atoms with Crippen LogP contribution in [0.4, 0.5) is 34.6 Å². The molecule has 1 aromatic rings. The van der Waals surface area contributed by atoms with Gasteiger partial charge in [0.25, 0.3) is 11.6 Å². The molecule has 11 heteroatoms. The summed E-state index contributed by atoms with van der Waals surface area (Å²) in [4.78, 5) is 24.3. The third-order valence-corrected chi connectivity index (χ3v) is 4.04. The zero-order valence-corrected chi connectivity index (χ0v) is 13.9. The molecule has 1 saturated heterocycles. The molecule has 1 aromatic carbocycles. The average Bonchev–Trinajstić information content (AvgIpc) is 2.58. The van der Waals surface area contributed by atoms with E-state index in [4.69, 9.17) is 0 Å². The Bertz CT molecular complexity index is 688. The normalized spacial score (nSPS) is 15.7. The second-order valence-electron chi connectivity index (χ2n) is 5.85. The minimum Gasteiger partial charge on any atom is -0.383 e. The Hall–Kier alpha value is -2.59. The molecule has 0 bridgehead atoms. The fourth-order valence-corrected chi connectivity index (χ4v) is 2.74. The average molecular weight is 378 g/mol. The summed E-state index contributed by atoms with van der Waals surface area (Å²) >= 11 is 0. The van der Waals surface area contributed by atoms with E-state index in [9.17, 15) is 32.5 Å². The first kappa shape index (κ1) is 19.7. The van der Waals surface area contributed by atoms with E-state index in [0.717, 1.165) is 6.07 Å². The molecule has 0 atom stereocenters. The summed E-state index contributed by atoms with van der Waals surface area (Å²) in [5.74, 6) is -1.08. The third kappa shape index (κ3) is 4.73. The predicted octanol–water partition coefficient (Wildman–Crippen LogP) is 2.87. The van der Waals surface area contributed by atoms with Gasteiger partial charge < -0.3 is 15.5 Å². The van der Waals surface area contributed by atoms with Crippen LogP contribution < -0.4 is 15.5 Å². The summed E-state index contributed by atoms with van der Waals surface area (Å²) in [5.41, 5.74) is -0.350. The largest absolute Gasteiger partial charge is 0.405 e. The summed E-state index contributed by atoms with van der Waals surface area (Å²) in [7, 11) is 1.45. The highest BCUT2D eigenvalue weighted by Gasteiger charge is 2.31. The first-order chi connectivity index (χ1) is 12.1. The molecular formula is C15H18F4N4O3. The number of nitro groups is 1. The molecule has 1 aliphatic heterocycles. The van der Waals surface area contributed by atoms with E-state index in [1.807, 2.05) is 0 Å². The van der Waals surface area contributed by atoms with Gasteiger partial charge in [-0.25, -0.2) is 4.39 Å². The molecule has 0 aromatic heterocycles. The fourth-order valence-electron chi connectivity index (χ4n) is 2.74. The number of nitrogens with one attached hydrogen (secondary N) is 2. The van der Waals surface area contributed by atoms with Crippen molar-refractivity contribution < 1.29 is 27.3 Å². The molecule has 7 nitrogen and oxygen atoms in total. The van der Waals surface area contributed by atoms with Crippen molar-refractivity contribution in [1.82, 2.24) is 5.32 Å². The molecule has 2 N–H and O–H groups in total. The van der Waals surface area contributed by atoms with Gasteiger partial charge in [0.2, 0.25) is 0 Å². The first-order valence-corrected chi connectivity index (χ1v) is 7.86. The third-order valence-electron chi connectivity index (χ3n) is 4.04. The molecular weight excluding hydrogens is 360 g/mol. The molecule has 0 aliphatic carbocycles. The zero-order valence-electron chi connectivity index (χ0n) is 13.9. The van der Waals surface area contributed by atoms with Crippen LogP contribution in [0.1, 0.15) is 23.2 Å². The number of nitro benzene ring substituents is 1. The van der Waals surface area contributed by atoms with E-state index in [1.54, 1.807) is 10.2 Å². The van der Waals surface area contributed by atoms with E-state index < -0.39 is 35.4 Å². The molecule has 0 radical (unpaired) electrons. The lowest BCUT2D eigenvalue weighted by Crippen LogP contribution is -2.38. The second kappa shape index (κ2) is 7.75. The van der Waals surface area contributed by atoms with Gasteiger partial charge in [-0.3, -0.25) is 14.9 Å². The second-order valence-corrected chi connectivity index (χ2v) is 5.85. The van der Waals surface area contributed by atoms with Crippen LogP contribution in [-0.4, -0.2) is 49.9 Å². The van der Waals surface area contributed by atoms with Crippen molar-refractivity contribution in [3.8, 4) is 0 Å².